The number of alkyl halides is 5. The van der Waals surface area contributed by atoms with Gasteiger partial charge in [0.25, 0.3) is 5.56 Å². The lowest BCUT2D eigenvalue weighted by molar-refractivity contribution is -0.147. The number of aromatic nitrogens is 4. The highest BCUT2D eigenvalue weighted by molar-refractivity contribution is 6.29. The summed E-state index contributed by atoms with van der Waals surface area (Å²) < 4.78 is 71.1. The number of halogens is 6. The van der Waals surface area contributed by atoms with Crippen molar-refractivity contribution in [1.29, 1.82) is 0 Å². The third-order valence-electron chi connectivity index (χ3n) is 5.56. The molecule has 3 aromatic rings. The molecular weight excluding hydrogens is 541 g/mol. The summed E-state index contributed by atoms with van der Waals surface area (Å²) in [6.45, 7) is 1.90. The molecule has 0 bridgehead atoms. The zero-order chi connectivity index (χ0) is 28.2. The zero-order valence-electron chi connectivity index (χ0n) is 20.5. The minimum atomic E-state index is -4.47. The summed E-state index contributed by atoms with van der Waals surface area (Å²) in [4.78, 5) is 27.4. The Morgan fingerprint density at radius 1 is 1.26 bits per heavy atom. The number of ether oxygens (including phenoxy) is 1. The summed E-state index contributed by atoms with van der Waals surface area (Å²) in [6, 6.07) is 2.79. The molecule has 0 aromatic carbocycles. The van der Waals surface area contributed by atoms with E-state index in [1.165, 1.54) is 18.3 Å². The molecule has 2 aliphatic heterocycles. The Bertz CT molecular complexity index is 1330. The van der Waals surface area contributed by atoms with E-state index < -0.39 is 30.7 Å². The van der Waals surface area contributed by atoms with Gasteiger partial charge in [0.1, 0.15) is 12.0 Å². The molecule has 2 aliphatic rings. The van der Waals surface area contributed by atoms with E-state index in [1.54, 1.807) is 7.05 Å². The van der Waals surface area contributed by atoms with Crippen molar-refractivity contribution in [2.24, 2.45) is 0 Å². The van der Waals surface area contributed by atoms with Crippen molar-refractivity contribution in [2.75, 3.05) is 36.9 Å². The maximum Gasteiger partial charge on any atom is 0.399 e. The van der Waals surface area contributed by atoms with Crippen LogP contribution in [0.1, 0.15) is 32.0 Å². The van der Waals surface area contributed by atoms with Crippen LogP contribution in [0.25, 0.3) is 5.65 Å². The van der Waals surface area contributed by atoms with Gasteiger partial charge in [0, 0.05) is 45.0 Å². The van der Waals surface area contributed by atoms with Gasteiger partial charge in [0.05, 0.1) is 23.3 Å². The van der Waals surface area contributed by atoms with Gasteiger partial charge in [-0.05, 0) is 0 Å². The number of amides is 1. The SMILES string of the molecule is CC.CNc1cc(OC2CNC2)c(=O)n(C(F)F)c1.O=CN1CC(C(F)(F)F)c2c1cnc1cc(Cl)nn21. The van der Waals surface area contributed by atoms with Gasteiger partial charge in [-0.1, -0.05) is 25.4 Å². The normalized spacial score (nSPS) is 16.7. The molecule has 16 heteroatoms. The van der Waals surface area contributed by atoms with Gasteiger partial charge in [-0.3, -0.25) is 14.2 Å². The van der Waals surface area contributed by atoms with Crippen molar-refractivity contribution in [1.82, 2.24) is 24.5 Å². The van der Waals surface area contributed by atoms with Gasteiger partial charge in [-0.15, -0.1) is 0 Å². The van der Waals surface area contributed by atoms with Gasteiger partial charge in [-0.2, -0.15) is 27.1 Å². The lowest BCUT2D eigenvalue weighted by Gasteiger charge is -2.27. The second kappa shape index (κ2) is 11.9. The van der Waals surface area contributed by atoms with E-state index in [4.69, 9.17) is 16.3 Å². The maximum atomic E-state index is 13.0. The van der Waals surface area contributed by atoms with Crippen LogP contribution in [-0.4, -0.2) is 64.5 Å². The smallest absolute Gasteiger partial charge is 0.399 e. The first-order valence-corrected chi connectivity index (χ1v) is 11.8. The predicted molar refractivity (Wildman–Crippen MR) is 130 cm³/mol. The maximum absolute atomic E-state index is 13.0. The summed E-state index contributed by atoms with van der Waals surface area (Å²) in [7, 11) is 1.59. The fourth-order valence-electron chi connectivity index (χ4n) is 3.67. The van der Waals surface area contributed by atoms with Crippen LogP contribution in [-0.2, 0) is 4.79 Å². The quantitative estimate of drug-likeness (QED) is 0.359. The highest BCUT2D eigenvalue weighted by Crippen LogP contribution is 2.44. The van der Waals surface area contributed by atoms with Gasteiger partial charge >= 0.3 is 12.7 Å². The van der Waals surface area contributed by atoms with E-state index in [2.05, 4.69) is 20.7 Å². The molecule has 0 saturated carbocycles. The highest BCUT2D eigenvalue weighted by Gasteiger charge is 2.49. The van der Waals surface area contributed by atoms with Crippen LogP contribution in [0.3, 0.4) is 0 Å². The summed E-state index contributed by atoms with van der Waals surface area (Å²) in [6.07, 6.45) is -1.95. The van der Waals surface area contributed by atoms with Crippen molar-refractivity contribution in [3.8, 4) is 5.75 Å². The molecular formula is C22H25ClF5N7O3. The second-order valence-electron chi connectivity index (χ2n) is 7.85. The molecule has 1 fully saturated rings. The highest BCUT2D eigenvalue weighted by atomic mass is 35.5. The van der Waals surface area contributed by atoms with Crippen molar-refractivity contribution in [2.45, 2.75) is 38.6 Å². The van der Waals surface area contributed by atoms with E-state index in [-0.39, 0.29) is 34.0 Å². The average molecular weight is 566 g/mol. The zero-order valence-corrected chi connectivity index (χ0v) is 21.2. The minimum Gasteiger partial charge on any atom is -0.482 e. The van der Waals surface area contributed by atoms with Gasteiger partial charge in [-0.25, -0.2) is 9.50 Å². The molecule has 3 aromatic heterocycles. The number of rotatable bonds is 5. The number of nitrogens with one attached hydrogen (secondary N) is 2. The standard InChI is InChI=1S/C10H6ClF3N4O.C10H13F2N3O2.C2H6/c11-7-1-8-15-2-6-9(18(8)16-7)5(10(12,13)14)3-17(6)4-19;1-13-6-2-8(17-7-3-14-4-7)9(16)15(5-6)10(11)12;1-2/h1-2,4-5H,3H2;2,5,7,10,13-14H,3-4H2,1H3;1-2H3. The third kappa shape index (κ3) is 5.99. The van der Waals surface area contributed by atoms with E-state index in [9.17, 15) is 31.5 Å². The molecule has 5 rings (SSSR count). The van der Waals surface area contributed by atoms with Crippen LogP contribution in [0.2, 0.25) is 5.15 Å². The lowest BCUT2D eigenvalue weighted by atomic mass is 10.1. The molecule has 0 spiro atoms. The topological polar surface area (TPSA) is 106 Å². The molecule has 0 radical (unpaired) electrons. The van der Waals surface area contributed by atoms with Crippen LogP contribution in [0.4, 0.5) is 33.3 Å². The van der Waals surface area contributed by atoms with Crippen molar-refractivity contribution in [3.63, 3.8) is 0 Å². The van der Waals surface area contributed by atoms with E-state index in [0.717, 1.165) is 15.6 Å². The fourth-order valence-corrected chi connectivity index (χ4v) is 3.84. The van der Waals surface area contributed by atoms with Crippen LogP contribution in [0.5, 0.6) is 5.75 Å². The molecule has 0 aliphatic carbocycles. The number of hydrogen-bond acceptors (Lipinski definition) is 7. The summed E-state index contributed by atoms with van der Waals surface area (Å²) >= 11 is 5.68. The Morgan fingerprint density at radius 3 is 2.47 bits per heavy atom. The largest absolute Gasteiger partial charge is 0.482 e. The summed E-state index contributed by atoms with van der Waals surface area (Å²) in [5.41, 5.74) is -0.204. The summed E-state index contributed by atoms with van der Waals surface area (Å²) in [5, 5.41) is 9.52. The Labute approximate surface area is 218 Å². The first-order chi connectivity index (χ1) is 18.0. The molecule has 1 saturated heterocycles. The Balaban J connectivity index is 0.000000199. The first kappa shape index (κ1) is 29.1. The van der Waals surface area contributed by atoms with Gasteiger partial charge in [0.15, 0.2) is 16.5 Å². The number of anilines is 2. The number of pyridine rings is 1. The average Bonchev–Trinajstić information content (AvgIpc) is 3.43. The van der Waals surface area contributed by atoms with E-state index >= 15 is 0 Å². The van der Waals surface area contributed by atoms with E-state index in [0.29, 0.717) is 29.8 Å². The second-order valence-corrected chi connectivity index (χ2v) is 8.24. The number of fused-ring (bicyclic) bond motifs is 3. The molecule has 10 nitrogen and oxygen atoms in total. The number of carbonyl (C=O) groups is 1. The van der Waals surface area contributed by atoms with Gasteiger partial charge in [0.2, 0.25) is 6.41 Å². The number of nitrogens with zero attached hydrogens (tertiary/aromatic N) is 5. The van der Waals surface area contributed by atoms with Crippen LogP contribution < -0.4 is 25.8 Å². The van der Waals surface area contributed by atoms with Crippen molar-refractivity contribution in [3.05, 3.63) is 45.7 Å². The molecule has 1 atom stereocenters. The summed E-state index contributed by atoms with van der Waals surface area (Å²) in [5.74, 6) is -1.85. The lowest BCUT2D eigenvalue weighted by Crippen LogP contribution is -2.51. The molecule has 38 heavy (non-hydrogen) atoms. The Hall–Kier alpha value is -3.46. The molecule has 5 heterocycles. The number of carbonyl (C=O) groups excluding carboxylic acids is 1. The molecule has 1 amide bonds. The minimum absolute atomic E-state index is 0.0476. The molecule has 2 N–H and O–H groups in total. The van der Waals surface area contributed by atoms with Crippen LogP contribution in [0.15, 0.2) is 29.3 Å². The molecule has 1 unspecified atom stereocenters. The van der Waals surface area contributed by atoms with Gasteiger partial charge < -0.3 is 20.3 Å². The van der Waals surface area contributed by atoms with Crippen molar-refractivity contribution >= 4 is 35.0 Å². The monoisotopic (exact) mass is 565 g/mol. The Kier molecular flexibility index (Phi) is 9.14. The molecule has 208 valence electrons. The third-order valence-corrected chi connectivity index (χ3v) is 5.74. The number of hydrogen-bond donors (Lipinski definition) is 2. The van der Waals surface area contributed by atoms with E-state index in [1.807, 2.05) is 13.8 Å². The van der Waals surface area contributed by atoms with Crippen LogP contribution in [0, 0.1) is 0 Å². The van der Waals surface area contributed by atoms with Crippen molar-refractivity contribution < 1.29 is 31.5 Å². The fraction of sp³-hybridized carbons (Fsp3) is 0.455. The first-order valence-electron chi connectivity index (χ1n) is 11.5. The van der Waals surface area contributed by atoms with Crippen LogP contribution >= 0.6 is 11.6 Å². The Morgan fingerprint density at radius 2 is 1.95 bits per heavy atom. The predicted octanol–water partition coefficient (Wildman–Crippen LogP) is 3.67.